The molecule has 8 heteroatoms. The predicted octanol–water partition coefficient (Wildman–Crippen LogP) is 3.65. The molecule has 0 aliphatic carbocycles. The van der Waals surface area contributed by atoms with E-state index in [-0.39, 0.29) is 18.0 Å². The summed E-state index contributed by atoms with van der Waals surface area (Å²) in [4.78, 5) is 19.6. The molecule has 0 radical (unpaired) electrons. The largest absolute Gasteiger partial charge is 0.402 e. The summed E-state index contributed by atoms with van der Waals surface area (Å²) in [7, 11) is 0. The van der Waals surface area contributed by atoms with Gasteiger partial charge in [-0.15, -0.1) is 0 Å². The number of hydrogen-bond acceptors (Lipinski definition) is 8. The molecule has 1 N–H and O–H groups in total. The van der Waals surface area contributed by atoms with Crippen LogP contribution in [-0.4, -0.2) is 53.4 Å². The van der Waals surface area contributed by atoms with Gasteiger partial charge in [0.1, 0.15) is 11.9 Å². The van der Waals surface area contributed by atoms with Gasteiger partial charge in [-0.1, -0.05) is 18.2 Å². The van der Waals surface area contributed by atoms with E-state index < -0.39 is 6.04 Å². The summed E-state index contributed by atoms with van der Waals surface area (Å²) in [5, 5.41) is 8.09. The zero-order valence-electron chi connectivity index (χ0n) is 18.6. The van der Waals surface area contributed by atoms with Crippen LogP contribution in [0.4, 0.5) is 5.82 Å². The topological polar surface area (TPSA) is 89.7 Å². The number of rotatable bonds is 7. The van der Waals surface area contributed by atoms with Gasteiger partial charge in [0.2, 0.25) is 0 Å². The van der Waals surface area contributed by atoms with Gasteiger partial charge in [0.15, 0.2) is 5.58 Å². The number of unbranched alkanes of at least 4 members (excludes halogenated alkanes) is 1. The first kappa shape index (κ1) is 20.6. The standard InChI is InChI=1S/C25H28N4O4/c30-25-22(19-7-3-8-20-21(19)24(32-25)28-33-20)29-13-11-18(15-29)31-14-2-1-6-17-10-9-16-5-4-12-26-23(16)27-17/h3,7-10,18,22H,1-2,4-6,11-15H2,(H,26,27)/t18-,22+/m1/s1. The number of hydrogen-bond donors (Lipinski definition) is 1. The number of likely N-dealkylation sites (tertiary alicyclic amines) is 1. The number of aryl methyl sites for hydroxylation is 2. The quantitative estimate of drug-likeness (QED) is 0.433. The van der Waals surface area contributed by atoms with Gasteiger partial charge >= 0.3 is 5.97 Å². The Bertz CT molecular complexity index is 1180. The molecule has 172 valence electrons. The maximum absolute atomic E-state index is 12.7. The Labute approximate surface area is 192 Å². The minimum atomic E-state index is -0.433. The van der Waals surface area contributed by atoms with Crippen LogP contribution >= 0.6 is 0 Å². The van der Waals surface area contributed by atoms with Gasteiger partial charge in [-0.3, -0.25) is 4.90 Å². The lowest BCUT2D eigenvalue weighted by atomic mass is 9.99. The van der Waals surface area contributed by atoms with Crippen LogP contribution in [0.2, 0.25) is 0 Å². The summed E-state index contributed by atoms with van der Waals surface area (Å²) in [5.41, 5.74) is 4.04. The number of nitrogens with one attached hydrogen (secondary N) is 1. The second-order valence-corrected chi connectivity index (χ2v) is 9.11. The lowest BCUT2D eigenvalue weighted by Gasteiger charge is -2.28. The molecule has 1 saturated heterocycles. The van der Waals surface area contributed by atoms with Crippen molar-refractivity contribution in [3.63, 3.8) is 0 Å². The molecule has 0 unspecified atom stereocenters. The summed E-state index contributed by atoms with van der Waals surface area (Å²) in [5.74, 6) is 1.05. The molecule has 0 saturated carbocycles. The second kappa shape index (κ2) is 8.76. The van der Waals surface area contributed by atoms with Crippen LogP contribution in [-0.2, 0) is 22.4 Å². The molecule has 0 amide bonds. The van der Waals surface area contributed by atoms with Gasteiger partial charge in [-0.2, -0.15) is 0 Å². The monoisotopic (exact) mass is 448 g/mol. The van der Waals surface area contributed by atoms with E-state index in [0.717, 1.165) is 80.8 Å². The predicted molar refractivity (Wildman–Crippen MR) is 122 cm³/mol. The molecule has 3 aliphatic rings. The van der Waals surface area contributed by atoms with Crippen LogP contribution in [0.15, 0.2) is 34.9 Å². The van der Waals surface area contributed by atoms with Crippen LogP contribution in [0.3, 0.4) is 0 Å². The van der Waals surface area contributed by atoms with Crippen molar-refractivity contribution in [3.05, 3.63) is 47.2 Å². The highest BCUT2D eigenvalue weighted by atomic mass is 16.6. The normalized spacial score (nSPS) is 22.2. The number of fused-ring (bicyclic) bond motifs is 1. The molecule has 2 aromatic heterocycles. The molecule has 2 atom stereocenters. The van der Waals surface area contributed by atoms with E-state index in [2.05, 4.69) is 27.5 Å². The fourth-order valence-corrected chi connectivity index (χ4v) is 5.20. The van der Waals surface area contributed by atoms with Crippen LogP contribution in [0.5, 0.6) is 5.88 Å². The maximum atomic E-state index is 12.7. The van der Waals surface area contributed by atoms with E-state index >= 15 is 0 Å². The highest BCUT2D eigenvalue weighted by Gasteiger charge is 2.40. The molecule has 0 bridgehead atoms. The minimum Gasteiger partial charge on any atom is -0.402 e. The first-order valence-corrected chi connectivity index (χ1v) is 11.9. The van der Waals surface area contributed by atoms with Gasteiger partial charge in [0, 0.05) is 31.9 Å². The van der Waals surface area contributed by atoms with Crippen LogP contribution in [0.1, 0.15) is 48.5 Å². The molecule has 8 nitrogen and oxygen atoms in total. The van der Waals surface area contributed by atoms with Crippen molar-refractivity contribution >= 4 is 22.8 Å². The Morgan fingerprint density at radius 1 is 1.21 bits per heavy atom. The van der Waals surface area contributed by atoms with Crippen molar-refractivity contribution in [2.24, 2.45) is 0 Å². The maximum Gasteiger partial charge on any atom is 0.334 e. The summed E-state index contributed by atoms with van der Waals surface area (Å²) in [6.07, 6.45) is 6.36. The van der Waals surface area contributed by atoms with E-state index in [1.54, 1.807) is 0 Å². The number of nitrogens with zero attached hydrogens (tertiary/aromatic N) is 3. The smallest absolute Gasteiger partial charge is 0.334 e. The third-order valence-electron chi connectivity index (χ3n) is 6.89. The molecule has 3 aromatic rings. The van der Waals surface area contributed by atoms with Gasteiger partial charge in [0.25, 0.3) is 5.88 Å². The Kier molecular flexibility index (Phi) is 5.47. The van der Waals surface area contributed by atoms with Gasteiger partial charge in [0.05, 0.1) is 11.5 Å². The molecule has 0 spiro atoms. The number of anilines is 1. The number of carbonyl (C=O) groups excluding carboxylic acids is 1. The Balaban J connectivity index is 0.999. The minimum absolute atomic E-state index is 0.131. The number of ether oxygens (including phenoxy) is 2. The van der Waals surface area contributed by atoms with E-state index in [1.807, 2.05) is 18.2 Å². The first-order chi connectivity index (χ1) is 16.3. The van der Waals surface area contributed by atoms with E-state index in [4.69, 9.17) is 19.0 Å². The summed E-state index contributed by atoms with van der Waals surface area (Å²) < 4.78 is 16.9. The Morgan fingerprint density at radius 3 is 3.15 bits per heavy atom. The van der Waals surface area contributed by atoms with Crippen LogP contribution in [0, 0.1) is 0 Å². The average molecular weight is 449 g/mol. The average Bonchev–Trinajstić information content (AvgIpc) is 3.47. The number of carbonyl (C=O) groups is 1. The third-order valence-corrected chi connectivity index (χ3v) is 6.89. The lowest BCUT2D eigenvalue weighted by Crippen LogP contribution is -2.37. The molecule has 33 heavy (non-hydrogen) atoms. The van der Waals surface area contributed by atoms with Crippen molar-refractivity contribution in [1.82, 2.24) is 15.0 Å². The van der Waals surface area contributed by atoms with Crippen molar-refractivity contribution in [3.8, 4) is 5.88 Å². The molecule has 1 aromatic carbocycles. The second-order valence-electron chi connectivity index (χ2n) is 9.11. The van der Waals surface area contributed by atoms with Gasteiger partial charge < -0.3 is 19.3 Å². The molecule has 1 fully saturated rings. The lowest BCUT2D eigenvalue weighted by molar-refractivity contribution is -0.141. The highest BCUT2D eigenvalue weighted by molar-refractivity contribution is 5.96. The molecular weight excluding hydrogens is 420 g/mol. The van der Waals surface area contributed by atoms with E-state index in [0.29, 0.717) is 5.58 Å². The fourth-order valence-electron chi connectivity index (χ4n) is 5.20. The highest BCUT2D eigenvalue weighted by Crippen LogP contribution is 2.40. The summed E-state index contributed by atoms with van der Waals surface area (Å²) in [6.45, 7) is 3.26. The van der Waals surface area contributed by atoms with Crippen LogP contribution in [0.25, 0.3) is 11.0 Å². The zero-order valence-corrected chi connectivity index (χ0v) is 18.6. The molecule has 6 rings (SSSR count). The fraction of sp³-hybridized carbons (Fsp3) is 0.480. The summed E-state index contributed by atoms with van der Waals surface area (Å²) >= 11 is 0. The molecule has 3 aliphatic heterocycles. The van der Waals surface area contributed by atoms with Crippen molar-refractivity contribution in [2.75, 3.05) is 31.6 Å². The number of esters is 1. The molecule has 5 heterocycles. The third kappa shape index (κ3) is 3.98. The van der Waals surface area contributed by atoms with Gasteiger partial charge in [-0.25, -0.2) is 9.78 Å². The first-order valence-electron chi connectivity index (χ1n) is 11.9. The van der Waals surface area contributed by atoms with E-state index in [9.17, 15) is 4.79 Å². The number of pyridine rings is 1. The summed E-state index contributed by atoms with van der Waals surface area (Å²) in [6, 6.07) is 9.65. The van der Waals surface area contributed by atoms with Gasteiger partial charge in [-0.05, 0) is 66.9 Å². The number of benzene rings is 1. The Hall–Kier alpha value is -2.97. The zero-order chi connectivity index (χ0) is 22.2. The SMILES string of the molecule is O=C1Oc2noc3cccc(c23)[C@@H]1N1CC[C@@H](OCCCCc2ccc3c(n2)NCCC3)C1. The molecular formula is C25H28N4O4. The number of aromatic nitrogens is 2. The Morgan fingerprint density at radius 2 is 2.18 bits per heavy atom. The van der Waals surface area contributed by atoms with E-state index in [1.165, 1.54) is 12.0 Å². The van der Waals surface area contributed by atoms with Crippen molar-refractivity contribution in [1.29, 1.82) is 0 Å². The van der Waals surface area contributed by atoms with Crippen LogP contribution < -0.4 is 10.1 Å². The van der Waals surface area contributed by atoms with Crippen molar-refractivity contribution < 1.29 is 18.8 Å². The van der Waals surface area contributed by atoms with Crippen molar-refractivity contribution in [2.45, 2.75) is 50.7 Å².